The summed E-state index contributed by atoms with van der Waals surface area (Å²) in [4.78, 5) is 38.9. The molecule has 8 nitrogen and oxygen atoms in total. The van der Waals surface area contributed by atoms with Crippen LogP contribution >= 0.6 is 11.6 Å². The van der Waals surface area contributed by atoms with Gasteiger partial charge < -0.3 is 15.1 Å². The molecule has 2 amide bonds. The molecule has 0 aliphatic carbocycles. The van der Waals surface area contributed by atoms with Crippen molar-refractivity contribution in [2.75, 3.05) is 36.4 Å². The Morgan fingerprint density at radius 2 is 1.83 bits per heavy atom. The molecule has 2 aromatic rings. The van der Waals surface area contributed by atoms with Crippen LogP contribution in [0.4, 0.5) is 17.1 Å². The molecule has 0 spiro atoms. The molecule has 1 saturated heterocycles. The molecule has 0 radical (unpaired) electrons. The number of amides is 2. The highest BCUT2D eigenvalue weighted by molar-refractivity contribution is 6.32. The van der Waals surface area contributed by atoms with Crippen molar-refractivity contribution in [1.82, 2.24) is 4.90 Å². The molecule has 0 aromatic heterocycles. The topological polar surface area (TPSA) is 95.8 Å². The van der Waals surface area contributed by atoms with Crippen molar-refractivity contribution < 1.29 is 14.5 Å². The minimum absolute atomic E-state index is 0.0218. The summed E-state index contributed by atoms with van der Waals surface area (Å²) in [5.41, 5.74) is 1.27. The molecule has 1 aliphatic heterocycles. The highest BCUT2D eigenvalue weighted by Crippen LogP contribution is 2.29. The fraction of sp³-hybridized carbons (Fsp3) is 0.300. The molecular formula is C20H21ClN4O4. The minimum Gasteiger partial charge on any atom is -0.366 e. The van der Waals surface area contributed by atoms with Crippen molar-refractivity contribution in [1.29, 1.82) is 0 Å². The number of hydrogen-bond donors (Lipinski definition) is 1. The van der Waals surface area contributed by atoms with Crippen LogP contribution in [0, 0.1) is 10.1 Å². The second kappa shape index (κ2) is 8.91. The molecule has 3 rings (SSSR count). The van der Waals surface area contributed by atoms with E-state index in [0.29, 0.717) is 38.3 Å². The van der Waals surface area contributed by atoms with Crippen molar-refractivity contribution >= 4 is 40.5 Å². The minimum atomic E-state index is -0.621. The van der Waals surface area contributed by atoms with E-state index in [4.69, 9.17) is 11.6 Å². The molecule has 1 N–H and O–H groups in total. The van der Waals surface area contributed by atoms with Crippen molar-refractivity contribution in [2.45, 2.75) is 13.3 Å². The van der Waals surface area contributed by atoms with E-state index in [0.717, 1.165) is 11.8 Å². The molecule has 0 bridgehead atoms. The predicted octanol–water partition coefficient (Wildman–Crippen LogP) is 3.56. The number of benzene rings is 2. The molecule has 152 valence electrons. The average molecular weight is 417 g/mol. The Hall–Kier alpha value is -3.13. The standard InChI is InChI=1S/C20H21ClN4O4/c1-2-19(26)24-11-9-23(10-12-24)17-6-4-3-5-16(17)22-20(27)14-7-8-15(21)18(13-14)25(28)29/h3-8,13H,2,9-12H2,1H3,(H,22,27). The number of anilines is 2. The number of hydrogen-bond acceptors (Lipinski definition) is 5. The first-order chi connectivity index (χ1) is 13.9. The summed E-state index contributed by atoms with van der Waals surface area (Å²) in [6, 6.07) is 11.3. The number of carbonyl (C=O) groups excluding carboxylic acids is 2. The Morgan fingerprint density at radius 3 is 2.48 bits per heavy atom. The van der Waals surface area contributed by atoms with Gasteiger partial charge in [0.2, 0.25) is 5.91 Å². The molecule has 1 fully saturated rings. The van der Waals surface area contributed by atoms with Gasteiger partial charge in [-0.15, -0.1) is 0 Å². The quantitative estimate of drug-likeness (QED) is 0.593. The number of carbonyl (C=O) groups is 2. The van der Waals surface area contributed by atoms with Crippen LogP contribution < -0.4 is 10.2 Å². The summed E-state index contributed by atoms with van der Waals surface area (Å²) in [5.74, 6) is -0.326. The first-order valence-electron chi connectivity index (χ1n) is 9.27. The maximum Gasteiger partial charge on any atom is 0.288 e. The normalized spacial score (nSPS) is 13.9. The summed E-state index contributed by atoms with van der Waals surface area (Å²) in [6.45, 7) is 4.41. The molecule has 2 aromatic carbocycles. The van der Waals surface area contributed by atoms with Gasteiger partial charge in [0.05, 0.1) is 16.3 Å². The summed E-state index contributed by atoms with van der Waals surface area (Å²) < 4.78 is 0. The number of nitrogens with one attached hydrogen (secondary N) is 1. The number of para-hydroxylation sites is 2. The molecule has 29 heavy (non-hydrogen) atoms. The Labute approximate surface area is 173 Å². The van der Waals surface area contributed by atoms with Gasteiger partial charge in [0.1, 0.15) is 5.02 Å². The lowest BCUT2D eigenvalue weighted by molar-refractivity contribution is -0.384. The molecule has 1 aliphatic rings. The number of nitro benzene ring substituents is 1. The van der Waals surface area contributed by atoms with E-state index in [-0.39, 0.29) is 22.2 Å². The number of rotatable bonds is 5. The third kappa shape index (κ3) is 4.65. The van der Waals surface area contributed by atoms with Crippen LogP contribution in [0.15, 0.2) is 42.5 Å². The maximum atomic E-state index is 12.7. The number of halogens is 1. The second-order valence-electron chi connectivity index (χ2n) is 6.62. The van der Waals surface area contributed by atoms with Gasteiger partial charge in [-0.25, -0.2) is 0 Å². The van der Waals surface area contributed by atoms with Crippen LogP contribution in [0.1, 0.15) is 23.7 Å². The van der Waals surface area contributed by atoms with Gasteiger partial charge in [0.25, 0.3) is 11.6 Å². The van der Waals surface area contributed by atoms with Crippen molar-refractivity contribution in [2.24, 2.45) is 0 Å². The molecule has 0 unspecified atom stereocenters. The number of piperazine rings is 1. The third-order valence-corrected chi connectivity index (χ3v) is 5.15. The number of nitrogens with zero attached hydrogens (tertiary/aromatic N) is 3. The van der Waals surface area contributed by atoms with Crippen molar-refractivity contribution in [3.05, 3.63) is 63.2 Å². The Balaban J connectivity index is 1.76. The van der Waals surface area contributed by atoms with E-state index in [2.05, 4.69) is 10.2 Å². The van der Waals surface area contributed by atoms with Crippen LogP contribution in [0.2, 0.25) is 5.02 Å². The Kier molecular flexibility index (Phi) is 6.33. The summed E-state index contributed by atoms with van der Waals surface area (Å²) in [5, 5.41) is 13.9. The van der Waals surface area contributed by atoms with E-state index in [9.17, 15) is 19.7 Å². The van der Waals surface area contributed by atoms with E-state index in [1.807, 2.05) is 24.0 Å². The lowest BCUT2D eigenvalue weighted by Gasteiger charge is -2.36. The number of nitro groups is 1. The molecule has 1 heterocycles. The lowest BCUT2D eigenvalue weighted by Crippen LogP contribution is -2.48. The van der Waals surface area contributed by atoms with Crippen molar-refractivity contribution in [3.8, 4) is 0 Å². The largest absolute Gasteiger partial charge is 0.366 e. The summed E-state index contributed by atoms with van der Waals surface area (Å²) in [6.07, 6.45) is 0.486. The van der Waals surface area contributed by atoms with Crippen LogP contribution in [0.3, 0.4) is 0 Å². The van der Waals surface area contributed by atoms with Gasteiger partial charge in [0.15, 0.2) is 0 Å². The van der Waals surface area contributed by atoms with Gasteiger partial charge in [-0.1, -0.05) is 30.7 Å². The van der Waals surface area contributed by atoms with Crippen LogP contribution in [0.5, 0.6) is 0 Å². The third-order valence-electron chi connectivity index (χ3n) is 4.83. The molecular weight excluding hydrogens is 396 g/mol. The Morgan fingerprint density at radius 1 is 1.14 bits per heavy atom. The average Bonchev–Trinajstić information content (AvgIpc) is 2.73. The van der Waals surface area contributed by atoms with Gasteiger partial charge in [-0.3, -0.25) is 19.7 Å². The zero-order valence-electron chi connectivity index (χ0n) is 15.9. The predicted molar refractivity (Wildman–Crippen MR) is 112 cm³/mol. The highest BCUT2D eigenvalue weighted by atomic mass is 35.5. The van der Waals surface area contributed by atoms with Crippen LogP contribution in [-0.2, 0) is 4.79 Å². The monoisotopic (exact) mass is 416 g/mol. The van der Waals surface area contributed by atoms with E-state index in [1.54, 1.807) is 12.1 Å². The Bertz CT molecular complexity index is 942. The zero-order chi connectivity index (χ0) is 21.0. The van der Waals surface area contributed by atoms with Gasteiger partial charge >= 0.3 is 0 Å². The second-order valence-corrected chi connectivity index (χ2v) is 7.02. The highest BCUT2D eigenvalue weighted by Gasteiger charge is 2.22. The smallest absolute Gasteiger partial charge is 0.288 e. The summed E-state index contributed by atoms with van der Waals surface area (Å²) in [7, 11) is 0. The zero-order valence-corrected chi connectivity index (χ0v) is 16.7. The van der Waals surface area contributed by atoms with Gasteiger partial charge in [0, 0.05) is 44.2 Å². The molecule has 0 saturated carbocycles. The SMILES string of the molecule is CCC(=O)N1CCN(c2ccccc2NC(=O)c2ccc(Cl)c([N+](=O)[O-])c2)CC1. The lowest BCUT2D eigenvalue weighted by atomic mass is 10.1. The van der Waals surface area contributed by atoms with E-state index in [1.165, 1.54) is 12.1 Å². The van der Waals surface area contributed by atoms with Gasteiger partial charge in [-0.05, 0) is 24.3 Å². The molecule has 0 atom stereocenters. The first-order valence-corrected chi connectivity index (χ1v) is 9.65. The fourth-order valence-corrected chi connectivity index (χ4v) is 3.45. The van der Waals surface area contributed by atoms with Crippen LogP contribution in [0.25, 0.3) is 0 Å². The van der Waals surface area contributed by atoms with Crippen LogP contribution in [-0.4, -0.2) is 47.8 Å². The fourth-order valence-electron chi connectivity index (χ4n) is 3.26. The van der Waals surface area contributed by atoms with E-state index >= 15 is 0 Å². The van der Waals surface area contributed by atoms with Gasteiger partial charge in [-0.2, -0.15) is 0 Å². The first kappa shape index (κ1) is 20.6. The maximum absolute atomic E-state index is 12.7. The van der Waals surface area contributed by atoms with E-state index < -0.39 is 10.8 Å². The molecule has 9 heteroatoms. The summed E-state index contributed by atoms with van der Waals surface area (Å²) >= 11 is 5.82. The van der Waals surface area contributed by atoms with Crippen molar-refractivity contribution in [3.63, 3.8) is 0 Å².